The van der Waals surface area contributed by atoms with Crippen molar-refractivity contribution in [2.24, 2.45) is 0 Å². The van der Waals surface area contributed by atoms with Crippen LogP contribution in [-0.2, 0) is 12.8 Å². The largest absolute Gasteiger partial charge is 0.481 e. The highest BCUT2D eigenvalue weighted by atomic mass is 16.5. The van der Waals surface area contributed by atoms with Gasteiger partial charge in [0.1, 0.15) is 11.3 Å². The Morgan fingerprint density at radius 2 is 1.81 bits per heavy atom. The van der Waals surface area contributed by atoms with Crippen LogP contribution in [0.3, 0.4) is 0 Å². The smallest absolute Gasteiger partial charge is 0.216 e. The standard InChI is InChI=1S/C32H29N9O/c1-42-32-23-8-10-26(22(23)13-16-35-32)37-25-9-5-19-18-20(6-7-21(19)25)41-30(24-4-2-14-34-29(24)33)38-27-11-12-28(39-31(27)41)40-17-3-15-36-40/h2-4,6-7,11-18,25-26,37H,5,8-10H2,1H3,(H2,33,34)/t25-,26?/m0/s1. The summed E-state index contributed by atoms with van der Waals surface area (Å²) in [6.07, 6.45) is 11.2. The first-order valence-corrected chi connectivity index (χ1v) is 14.2. The van der Waals surface area contributed by atoms with E-state index in [0.29, 0.717) is 17.5 Å². The second-order valence-electron chi connectivity index (χ2n) is 10.8. The number of fused-ring (bicyclic) bond motifs is 3. The summed E-state index contributed by atoms with van der Waals surface area (Å²) in [5, 5.41) is 8.32. The molecule has 0 amide bonds. The number of aryl methyl sites for hydroxylation is 1. The molecule has 0 aliphatic heterocycles. The van der Waals surface area contributed by atoms with Crippen molar-refractivity contribution in [3.63, 3.8) is 0 Å². The van der Waals surface area contributed by atoms with Crippen LogP contribution in [0.4, 0.5) is 5.82 Å². The Hall–Kier alpha value is -5.09. The van der Waals surface area contributed by atoms with Crippen molar-refractivity contribution in [1.82, 2.24) is 39.6 Å². The Morgan fingerprint density at radius 3 is 2.67 bits per heavy atom. The van der Waals surface area contributed by atoms with Crippen molar-refractivity contribution in [1.29, 1.82) is 0 Å². The van der Waals surface area contributed by atoms with E-state index >= 15 is 0 Å². The molecule has 0 spiro atoms. The molecule has 2 aliphatic carbocycles. The molecule has 8 rings (SSSR count). The second-order valence-corrected chi connectivity index (χ2v) is 10.8. The van der Waals surface area contributed by atoms with Crippen molar-refractivity contribution < 1.29 is 4.74 Å². The third-order valence-corrected chi connectivity index (χ3v) is 8.48. The number of methoxy groups -OCH3 is 1. The minimum Gasteiger partial charge on any atom is -0.481 e. The number of benzene rings is 1. The van der Waals surface area contributed by atoms with Crippen LogP contribution >= 0.6 is 0 Å². The number of hydrogen-bond donors (Lipinski definition) is 2. The number of nitrogens with two attached hydrogens (primary N) is 1. The predicted molar refractivity (Wildman–Crippen MR) is 160 cm³/mol. The summed E-state index contributed by atoms with van der Waals surface area (Å²) >= 11 is 0. The number of nitrogens with zero attached hydrogens (tertiary/aromatic N) is 7. The first-order chi connectivity index (χ1) is 20.7. The topological polar surface area (TPSA) is 122 Å². The lowest BCUT2D eigenvalue weighted by atomic mass is 10.0. The summed E-state index contributed by atoms with van der Waals surface area (Å²) in [6.45, 7) is 0. The molecule has 5 heterocycles. The summed E-state index contributed by atoms with van der Waals surface area (Å²) in [6, 6.07) is 19.0. The van der Waals surface area contributed by atoms with Crippen molar-refractivity contribution in [2.45, 2.75) is 37.8 Å². The zero-order chi connectivity index (χ0) is 28.2. The van der Waals surface area contributed by atoms with Crippen LogP contribution in [0.5, 0.6) is 5.88 Å². The Bertz CT molecular complexity index is 1950. The third-order valence-electron chi connectivity index (χ3n) is 8.48. The minimum atomic E-state index is 0.279. The van der Waals surface area contributed by atoms with Gasteiger partial charge in [-0.05, 0) is 90.9 Å². The Labute approximate surface area is 242 Å². The highest BCUT2D eigenvalue weighted by Crippen LogP contribution is 2.41. The lowest BCUT2D eigenvalue weighted by molar-refractivity contribution is 0.393. The molecule has 0 bridgehead atoms. The van der Waals surface area contributed by atoms with E-state index in [1.54, 1.807) is 24.2 Å². The van der Waals surface area contributed by atoms with E-state index in [-0.39, 0.29) is 12.1 Å². The monoisotopic (exact) mass is 555 g/mol. The van der Waals surface area contributed by atoms with Crippen LogP contribution in [0.25, 0.3) is 34.1 Å². The van der Waals surface area contributed by atoms with Gasteiger partial charge in [-0.3, -0.25) is 4.57 Å². The Balaban J connectivity index is 1.19. The second kappa shape index (κ2) is 9.78. The molecule has 2 aliphatic rings. The van der Waals surface area contributed by atoms with Crippen LogP contribution in [0, 0.1) is 0 Å². The summed E-state index contributed by atoms with van der Waals surface area (Å²) in [5.74, 6) is 2.59. The molecule has 0 radical (unpaired) electrons. The maximum atomic E-state index is 6.35. The van der Waals surface area contributed by atoms with Crippen molar-refractivity contribution in [3.8, 4) is 28.8 Å². The third kappa shape index (κ3) is 3.94. The van der Waals surface area contributed by atoms with Gasteiger partial charge in [-0.15, -0.1) is 0 Å². The summed E-state index contributed by atoms with van der Waals surface area (Å²) in [7, 11) is 1.69. The van der Waals surface area contributed by atoms with Crippen LogP contribution in [0.2, 0.25) is 0 Å². The predicted octanol–water partition coefficient (Wildman–Crippen LogP) is 4.92. The molecular formula is C32H29N9O. The van der Waals surface area contributed by atoms with Crippen LogP contribution in [0.15, 0.2) is 79.4 Å². The SMILES string of the molecule is COc1nccc2c1CCC2N[C@H]1CCc2cc(-n3c(-c4cccnc4N)nc4ccc(-n5cccn5)nc43)ccc21. The van der Waals surface area contributed by atoms with E-state index < -0.39 is 0 Å². The summed E-state index contributed by atoms with van der Waals surface area (Å²) in [5.41, 5.74) is 14.8. The van der Waals surface area contributed by atoms with Gasteiger partial charge in [-0.25, -0.2) is 24.6 Å². The molecule has 1 unspecified atom stereocenters. The number of nitrogen functional groups attached to an aromatic ring is 1. The zero-order valence-electron chi connectivity index (χ0n) is 23.1. The lowest BCUT2D eigenvalue weighted by Gasteiger charge is -2.21. The fourth-order valence-electron chi connectivity index (χ4n) is 6.53. The van der Waals surface area contributed by atoms with Crippen LogP contribution in [-0.4, -0.2) is 41.4 Å². The fourth-order valence-corrected chi connectivity index (χ4v) is 6.53. The zero-order valence-corrected chi connectivity index (χ0v) is 23.1. The first-order valence-electron chi connectivity index (χ1n) is 14.2. The maximum Gasteiger partial charge on any atom is 0.216 e. The van der Waals surface area contributed by atoms with Gasteiger partial charge >= 0.3 is 0 Å². The van der Waals surface area contributed by atoms with Crippen molar-refractivity contribution in [3.05, 3.63) is 102 Å². The molecule has 42 heavy (non-hydrogen) atoms. The normalized spacial score (nSPS) is 17.5. The highest BCUT2D eigenvalue weighted by Gasteiger charge is 2.31. The van der Waals surface area contributed by atoms with Crippen molar-refractivity contribution in [2.75, 3.05) is 12.8 Å². The molecule has 2 atom stereocenters. The van der Waals surface area contributed by atoms with Gasteiger partial charge in [0.05, 0.1) is 12.7 Å². The Kier molecular flexibility index (Phi) is 5.75. The summed E-state index contributed by atoms with van der Waals surface area (Å²) in [4.78, 5) is 18.7. The molecule has 6 aromatic rings. The molecule has 1 aromatic carbocycles. The van der Waals surface area contributed by atoms with Gasteiger partial charge < -0.3 is 15.8 Å². The number of aromatic nitrogens is 7. The van der Waals surface area contributed by atoms with E-state index in [0.717, 1.165) is 54.0 Å². The average Bonchev–Trinajstić information content (AvgIpc) is 3.83. The number of imidazole rings is 1. The van der Waals surface area contributed by atoms with Crippen molar-refractivity contribution >= 4 is 17.0 Å². The molecule has 208 valence electrons. The van der Waals surface area contributed by atoms with Gasteiger partial charge in [0.15, 0.2) is 17.3 Å². The fraction of sp³-hybridized carbons (Fsp3) is 0.219. The van der Waals surface area contributed by atoms with E-state index in [9.17, 15) is 0 Å². The number of ether oxygens (including phenoxy) is 1. The first kappa shape index (κ1) is 24.7. The Morgan fingerprint density at radius 1 is 0.905 bits per heavy atom. The minimum absolute atomic E-state index is 0.279. The quantitative estimate of drug-likeness (QED) is 0.297. The number of nitrogens with one attached hydrogen (secondary N) is 1. The van der Waals surface area contributed by atoms with E-state index in [1.807, 2.05) is 42.7 Å². The number of pyridine rings is 3. The number of hydrogen-bond acceptors (Lipinski definition) is 8. The van der Waals surface area contributed by atoms with E-state index in [1.165, 1.54) is 22.3 Å². The molecule has 0 saturated heterocycles. The van der Waals surface area contributed by atoms with Gasteiger partial charge in [0, 0.05) is 48.1 Å². The summed E-state index contributed by atoms with van der Waals surface area (Å²) < 4.78 is 9.36. The number of anilines is 1. The van der Waals surface area contributed by atoms with E-state index in [4.69, 9.17) is 20.4 Å². The van der Waals surface area contributed by atoms with Gasteiger partial charge in [-0.1, -0.05) is 6.07 Å². The molecular weight excluding hydrogens is 526 g/mol. The molecule has 10 heteroatoms. The molecule has 10 nitrogen and oxygen atoms in total. The van der Waals surface area contributed by atoms with Crippen LogP contribution < -0.4 is 15.8 Å². The highest BCUT2D eigenvalue weighted by molar-refractivity contribution is 5.83. The number of rotatable bonds is 6. The van der Waals surface area contributed by atoms with Gasteiger partial charge in [0.25, 0.3) is 0 Å². The van der Waals surface area contributed by atoms with Gasteiger partial charge in [-0.2, -0.15) is 5.10 Å². The maximum absolute atomic E-state index is 6.35. The molecule has 5 aromatic heterocycles. The lowest BCUT2D eigenvalue weighted by Crippen LogP contribution is -2.23. The van der Waals surface area contributed by atoms with Crippen LogP contribution in [0.1, 0.15) is 47.2 Å². The molecule has 0 saturated carbocycles. The van der Waals surface area contributed by atoms with Gasteiger partial charge in [0.2, 0.25) is 5.88 Å². The average molecular weight is 556 g/mol. The molecule has 3 N–H and O–H groups in total. The van der Waals surface area contributed by atoms with E-state index in [2.05, 4.69) is 49.2 Å². The molecule has 0 fully saturated rings.